The van der Waals surface area contributed by atoms with Crippen molar-refractivity contribution in [2.75, 3.05) is 13.7 Å². The standard InChI is InChI=1S/C21H22ClN3O4/c1-13(2)28-16-7-5-15(6-8-16)21-24-20(25-29-21)17-9-4-14(10-18(17)22)11-23-12-19(26)27-3/h4-10,13,23H,11-12H2,1-3H3. The number of carbonyl (C=O) groups is 1. The maximum Gasteiger partial charge on any atom is 0.319 e. The third-order valence-corrected chi connectivity index (χ3v) is 4.31. The van der Waals surface area contributed by atoms with Crippen LogP contribution < -0.4 is 10.1 Å². The first-order valence-electron chi connectivity index (χ1n) is 9.13. The van der Waals surface area contributed by atoms with E-state index in [2.05, 4.69) is 20.2 Å². The van der Waals surface area contributed by atoms with Crippen molar-refractivity contribution in [3.05, 3.63) is 53.1 Å². The number of esters is 1. The van der Waals surface area contributed by atoms with Gasteiger partial charge in [-0.05, 0) is 55.8 Å². The van der Waals surface area contributed by atoms with Crippen LogP contribution in [0.25, 0.3) is 22.8 Å². The number of ether oxygens (including phenoxy) is 2. The summed E-state index contributed by atoms with van der Waals surface area (Å²) in [6.45, 7) is 4.56. The Bertz CT molecular complexity index is 970. The van der Waals surface area contributed by atoms with E-state index in [1.54, 1.807) is 6.07 Å². The summed E-state index contributed by atoms with van der Waals surface area (Å²) in [6.07, 6.45) is 0.108. The van der Waals surface area contributed by atoms with Crippen molar-refractivity contribution < 1.29 is 18.8 Å². The molecule has 0 aliphatic rings. The molecule has 0 bridgehead atoms. The average Bonchev–Trinajstić information content (AvgIpc) is 3.18. The number of methoxy groups -OCH3 is 1. The summed E-state index contributed by atoms with van der Waals surface area (Å²) in [5, 5.41) is 7.53. The lowest BCUT2D eigenvalue weighted by atomic mass is 10.1. The van der Waals surface area contributed by atoms with E-state index in [9.17, 15) is 4.79 Å². The summed E-state index contributed by atoms with van der Waals surface area (Å²) in [6, 6.07) is 13.0. The van der Waals surface area contributed by atoms with Gasteiger partial charge in [0, 0.05) is 17.7 Å². The van der Waals surface area contributed by atoms with E-state index < -0.39 is 0 Å². The molecule has 2 aromatic carbocycles. The normalized spacial score (nSPS) is 10.9. The summed E-state index contributed by atoms with van der Waals surface area (Å²) < 4.78 is 15.6. The van der Waals surface area contributed by atoms with Crippen LogP contribution in [0.2, 0.25) is 5.02 Å². The number of hydrogen-bond donors (Lipinski definition) is 1. The highest BCUT2D eigenvalue weighted by atomic mass is 35.5. The van der Waals surface area contributed by atoms with Crippen LogP contribution in [0, 0.1) is 0 Å². The van der Waals surface area contributed by atoms with Crippen molar-refractivity contribution >= 4 is 17.6 Å². The number of halogens is 1. The second-order valence-corrected chi connectivity index (χ2v) is 7.02. The fraction of sp³-hybridized carbons (Fsp3) is 0.286. The first kappa shape index (κ1) is 20.8. The Labute approximate surface area is 174 Å². The van der Waals surface area contributed by atoms with E-state index in [4.69, 9.17) is 20.9 Å². The number of rotatable bonds is 8. The topological polar surface area (TPSA) is 86.5 Å². The fourth-order valence-electron chi connectivity index (χ4n) is 2.63. The van der Waals surface area contributed by atoms with Gasteiger partial charge in [0.15, 0.2) is 0 Å². The molecule has 0 aliphatic heterocycles. The molecule has 0 unspecified atom stereocenters. The fourth-order valence-corrected chi connectivity index (χ4v) is 2.92. The molecule has 0 spiro atoms. The van der Waals surface area contributed by atoms with Crippen LogP contribution in [0.15, 0.2) is 47.0 Å². The summed E-state index contributed by atoms with van der Waals surface area (Å²) in [5.74, 6) is 1.26. The van der Waals surface area contributed by atoms with Crippen molar-refractivity contribution in [1.82, 2.24) is 15.5 Å². The van der Waals surface area contributed by atoms with Gasteiger partial charge in [-0.3, -0.25) is 4.79 Å². The maximum atomic E-state index is 11.1. The van der Waals surface area contributed by atoms with Crippen LogP contribution in [0.3, 0.4) is 0 Å². The number of hydrogen-bond acceptors (Lipinski definition) is 7. The Balaban J connectivity index is 1.70. The van der Waals surface area contributed by atoms with Crippen LogP contribution >= 0.6 is 11.6 Å². The second-order valence-electron chi connectivity index (χ2n) is 6.61. The highest BCUT2D eigenvalue weighted by molar-refractivity contribution is 6.33. The average molecular weight is 416 g/mol. The maximum absolute atomic E-state index is 11.1. The predicted octanol–water partition coefficient (Wildman–Crippen LogP) is 4.11. The van der Waals surface area contributed by atoms with Crippen LogP contribution in [-0.2, 0) is 16.1 Å². The quantitative estimate of drug-likeness (QED) is 0.554. The summed E-state index contributed by atoms with van der Waals surface area (Å²) in [5.41, 5.74) is 2.38. The molecule has 0 atom stereocenters. The lowest BCUT2D eigenvalue weighted by molar-refractivity contribution is -0.139. The first-order valence-corrected chi connectivity index (χ1v) is 9.51. The van der Waals surface area contributed by atoms with Crippen molar-refractivity contribution in [2.45, 2.75) is 26.5 Å². The molecule has 1 N–H and O–H groups in total. The Morgan fingerprint density at radius 2 is 1.97 bits per heavy atom. The summed E-state index contributed by atoms with van der Waals surface area (Å²) in [4.78, 5) is 15.6. The molecule has 3 rings (SSSR count). The van der Waals surface area contributed by atoms with Gasteiger partial charge >= 0.3 is 5.97 Å². The lowest BCUT2D eigenvalue weighted by Crippen LogP contribution is -2.23. The molecular formula is C21H22ClN3O4. The molecular weight excluding hydrogens is 394 g/mol. The monoisotopic (exact) mass is 415 g/mol. The Hall–Kier alpha value is -2.90. The van der Waals surface area contributed by atoms with Crippen LogP contribution in [0.1, 0.15) is 19.4 Å². The highest BCUT2D eigenvalue weighted by Gasteiger charge is 2.14. The van der Waals surface area contributed by atoms with Gasteiger partial charge in [0.2, 0.25) is 5.82 Å². The zero-order valence-corrected chi connectivity index (χ0v) is 17.2. The van der Waals surface area contributed by atoms with E-state index in [1.165, 1.54) is 7.11 Å². The molecule has 7 nitrogen and oxygen atoms in total. The van der Waals surface area contributed by atoms with Gasteiger partial charge in [-0.25, -0.2) is 0 Å². The van der Waals surface area contributed by atoms with E-state index in [0.717, 1.165) is 16.9 Å². The van der Waals surface area contributed by atoms with Crippen molar-refractivity contribution in [1.29, 1.82) is 0 Å². The van der Waals surface area contributed by atoms with Gasteiger partial charge in [-0.15, -0.1) is 0 Å². The summed E-state index contributed by atoms with van der Waals surface area (Å²) >= 11 is 6.40. The minimum Gasteiger partial charge on any atom is -0.491 e. The Kier molecular flexibility index (Phi) is 6.85. The van der Waals surface area contributed by atoms with Crippen LogP contribution in [0.4, 0.5) is 0 Å². The molecule has 0 radical (unpaired) electrons. The highest BCUT2D eigenvalue weighted by Crippen LogP contribution is 2.29. The van der Waals surface area contributed by atoms with E-state index in [1.807, 2.05) is 50.2 Å². The molecule has 8 heteroatoms. The minimum absolute atomic E-state index is 0.108. The molecule has 1 aromatic heterocycles. The second kappa shape index (κ2) is 9.54. The largest absolute Gasteiger partial charge is 0.491 e. The number of aromatic nitrogens is 2. The van der Waals surface area contributed by atoms with Crippen LogP contribution in [-0.4, -0.2) is 35.9 Å². The van der Waals surface area contributed by atoms with E-state index >= 15 is 0 Å². The Morgan fingerprint density at radius 1 is 1.21 bits per heavy atom. The van der Waals surface area contributed by atoms with Gasteiger partial charge in [0.1, 0.15) is 5.75 Å². The molecule has 1 heterocycles. The van der Waals surface area contributed by atoms with Crippen LogP contribution in [0.5, 0.6) is 5.75 Å². The third-order valence-electron chi connectivity index (χ3n) is 4.00. The lowest BCUT2D eigenvalue weighted by Gasteiger charge is -2.09. The first-order chi connectivity index (χ1) is 14.0. The zero-order chi connectivity index (χ0) is 20.8. The Morgan fingerprint density at radius 3 is 2.62 bits per heavy atom. The summed E-state index contributed by atoms with van der Waals surface area (Å²) in [7, 11) is 1.35. The number of benzene rings is 2. The molecule has 0 amide bonds. The molecule has 29 heavy (non-hydrogen) atoms. The van der Waals surface area contributed by atoms with E-state index in [0.29, 0.717) is 28.8 Å². The zero-order valence-electron chi connectivity index (χ0n) is 16.4. The van der Waals surface area contributed by atoms with Gasteiger partial charge in [-0.2, -0.15) is 4.98 Å². The van der Waals surface area contributed by atoms with Crippen molar-refractivity contribution in [3.8, 4) is 28.6 Å². The smallest absolute Gasteiger partial charge is 0.319 e. The SMILES string of the molecule is COC(=O)CNCc1ccc(-c2noc(-c3ccc(OC(C)C)cc3)n2)c(Cl)c1. The molecule has 0 fully saturated rings. The van der Waals surface area contributed by atoms with E-state index in [-0.39, 0.29) is 18.6 Å². The number of nitrogens with one attached hydrogen (secondary N) is 1. The number of carbonyl (C=O) groups excluding carboxylic acids is 1. The predicted molar refractivity (Wildman–Crippen MR) is 110 cm³/mol. The van der Waals surface area contributed by atoms with Gasteiger partial charge in [0.05, 0.1) is 24.8 Å². The molecule has 0 saturated carbocycles. The van der Waals surface area contributed by atoms with Gasteiger partial charge in [0.25, 0.3) is 5.89 Å². The van der Waals surface area contributed by atoms with Gasteiger partial charge in [-0.1, -0.05) is 22.8 Å². The molecule has 0 aliphatic carbocycles. The molecule has 0 saturated heterocycles. The van der Waals surface area contributed by atoms with Crippen molar-refractivity contribution in [3.63, 3.8) is 0 Å². The van der Waals surface area contributed by atoms with Crippen molar-refractivity contribution in [2.24, 2.45) is 0 Å². The number of nitrogens with zero attached hydrogens (tertiary/aromatic N) is 2. The third kappa shape index (κ3) is 5.56. The molecule has 152 valence electrons. The van der Waals surface area contributed by atoms with Gasteiger partial charge < -0.3 is 19.3 Å². The molecule has 3 aromatic rings. The minimum atomic E-state index is -0.323.